The Labute approximate surface area is 143 Å². The molecule has 0 aliphatic heterocycles. The van der Waals surface area contributed by atoms with E-state index in [0.29, 0.717) is 17.1 Å². The second-order valence-corrected chi connectivity index (χ2v) is 5.55. The molecule has 0 bridgehead atoms. The lowest BCUT2D eigenvalue weighted by molar-refractivity contribution is 0.102. The van der Waals surface area contributed by atoms with Gasteiger partial charge in [0, 0.05) is 10.9 Å². The largest absolute Gasteiger partial charge is 0.457 e. The number of allylic oxidation sites excluding steroid dienone is 1. The van der Waals surface area contributed by atoms with Gasteiger partial charge in [0.2, 0.25) is 5.78 Å². The van der Waals surface area contributed by atoms with Crippen LogP contribution in [-0.4, -0.2) is 5.78 Å². The Morgan fingerprint density at radius 3 is 2.52 bits per heavy atom. The van der Waals surface area contributed by atoms with E-state index in [0.717, 1.165) is 10.9 Å². The SMILES string of the molecule is O=C(C=Cc1ccc(-c2ccc(F)cc2)o1)c1cc2ccccc2o1. The second kappa shape index (κ2) is 6.24. The third-order valence-electron chi connectivity index (χ3n) is 3.82. The van der Waals surface area contributed by atoms with Crippen LogP contribution < -0.4 is 0 Å². The van der Waals surface area contributed by atoms with E-state index in [2.05, 4.69) is 0 Å². The first-order valence-corrected chi connectivity index (χ1v) is 7.76. The molecule has 0 amide bonds. The summed E-state index contributed by atoms with van der Waals surface area (Å²) in [5, 5.41) is 0.885. The molecule has 122 valence electrons. The van der Waals surface area contributed by atoms with E-state index < -0.39 is 0 Å². The van der Waals surface area contributed by atoms with Gasteiger partial charge < -0.3 is 8.83 Å². The lowest BCUT2D eigenvalue weighted by Crippen LogP contribution is -1.89. The Morgan fingerprint density at radius 1 is 0.920 bits per heavy atom. The van der Waals surface area contributed by atoms with Crippen molar-refractivity contribution in [2.45, 2.75) is 0 Å². The van der Waals surface area contributed by atoms with E-state index in [9.17, 15) is 9.18 Å². The molecule has 4 aromatic rings. The van der Waals surface area contributed by atoms with Crippen molar-refractivity contribution in [1.82, 2.24) is 0 Å². The summed E-state index contributed by atoms with van der Waals surface area (Å²) in [7, 11) is 0. The van der Waals surface area contributed by atoms with Crippen LogP contribution in [0.15, 0.2) is 81.6 Å². The van der Waals surface area contributed by atoms with Crippen molar-refractivity contribution in [3.05, 3.63) is 90.1 Å². The molecule has 0 saturated carbocycles. The molecular weight excluding hydrogens is 319 g/mol. The van der Waals surface area contributed by atoms with Crippen molar-refractivity contribution >= 4 is 22.8 Å². The molecule has 2 aromatic heterocycles. The third kappa shape index (κ3) is 3.15. The van der Waals surface area contributed by atoms with Gasteiger partial charge in [-0.25, -0.2) is 4.39 Å². The molecule has 0 fully saturated rings. The highest BCUT2D eigenvalue weighted by atomic mass is 19.1. The molecule has 0 radical (unpaired) electrons. The molecule has 0 saturated heterocycles. The molecule has 3 nitrogen and oxygen atoms in total. The van der Waals surface area contributed by atoms with E-state index in [4.69, 9.17) is 8.83 Å². The number of fused-ring (bicyclic) bond motifs is 1. The molecule has 25 heavy (non-hydrogen) atoms. The molecular formula is C21H13FO3. The number of hydrogen-bond acceptors (Lipinski definition) is 3. The number of halogens is 1. The summed E-state index contributed by atoms with van der Waals surface area (Å²) in [4.78, 5) is 12.2. The number of benzene rings is 2. The lowest BCUT2D eigenvalue weighted by atomic mass is 10.2. The summed E-state index contributed by atoms with van der Waals surface area (Å²) in [6.07, 6.45) is 2.99. The molecule has 0 aliphatic rings. The normalized spacial score (nSPS) is 11.4. The standard InChI is InChI=1S/C21H13FO3/c22-16-7-5-14(6-8-16)20-12-10-17(24-20)9-11-18(23)21-13-15-3-1-2-4-19(15)25-21/h1-13H. The fraction of sp³-hybridized carbons (Fsp3) is 0. The first kappa shape index (κ1) is 15.1. The first-order chi connectivity index (χ1) is 12.2. The molecule has 0 unspecified atom stereocenters. The van der Waals surface area contributed by atoms with Crippen molar-refractivity contribution in [3.8, 4) is 11.3 Å². The minimum atomic E-state index is -0.299. The van der Waals surface area contributed by atoms with Crippen LogP contribution in [0.25, 0.3) is 28.4 Å². The van der Waals surface area contributed by atoms with Gasteiger partial charge in [0.25, 0.3) is 0 Å². The van der Waals surface area contributed by atoms with Crippen LogP contribution in [0.2, 0.25) is 0 Å². The Hall–Kier alpha value is -3.40. The van der Waals surface area contributed by atoms with Crippen LogP contribution in [0.3, 0.4) is 0 Å². The predicted molar refractivity (Wildman–Crippen MR) is 93.7 cm³/mol. The summed E-state index contributed by atoms with van der Waals surface area (Å²) in [5.41, 5.74) is 1.44. The van der Waals surface area contributed by atoms with Crippen LogP contribution in [0.1, 0.15) is 16.3 Å². The number of para-hydroxylation sites is 1. The molecule has 0 aliphatic carbocycles. The number of furan rings is 2. The van der Waals surface area contributed by atoms with E-state index in [1.54, 1.807) is 36.4 Å². The van der Waals surface area contributed by atoms with Crippen LogP contribution in [0, 0.1) is 5.82 Å². The Bertz CT molecular complexity index is 1030. The van der Waals surface area contributed by atoms with Gasteiger partial charge in [-0.3, -0.25) is 4.79 Å². The van der Waals surface area contributed by atoms with Gasteiger partial charge >= 0.3 is 0 Å². The first-order valence-electron chi connectivity index (χ1n) is 7.76. The fourth-order valence-electron chi connectivity index (χ4n) is 2.55. The smallest absolute Gasteiger partial charge is 0.221 e. The number of carbonyl (C=O) groups is 1. The average Bonchev–Trinajstić information content (AvgIpc) is 3.27. The van der Waals surface area contributed by atoms with Crippen molar-refractivity contribution in [3.63, 3.8) is 0 Å². The third-order valence-corrected chi connectivity index (χ3v) is 3.82. The molecule has 0 atom stereocenters. The van der Waals surface area contributed by atoms with Gasteiger partial charge in [-0.2, -0.15) is 0 Å². The maximum Gasteiger partial charge on any atom is 0.221 e. The molecule has 2 aromatic carbocycles. The monoisotopic (exact) mass is 332 g/mol. The topological polar surface area (TPSA) is 43.4 Å². The number of ketones is 1. The van der Waals surface area contributed by atoms with Gasteiger partial charge in [-0.15, -0.1) is 0 Å². The van der Waals surface area contributed by atoms with Gasteiger partial charge in [-0.05, 0) is 60.7 Å². The van der Waals surface area contributed by atoms with Gasteiger partial charge in [-0.1, -0.05) is 18.2 Å². The van der Waals surface area contributed by atoms with Crippen LogP contribution in [0.4, 0.5) is 4.39 Å². The van der Waals surface area contributed by atoms with Crippen molar-refractivity contribution < 1.29 is 18.0 Å². The van der Waals surface area contributed by atoms with E-state index >= 15 is 0 Å². The fourth-order valence-corrected chi connectivity index (χ4v) is 2.55. The highest BCUT2D eigenvalue weighted by Crippen LogP contribution is 2.24. The zero-order valence-electron chi connectivity index (χ0n) is 13.1. The quantitative estimate of drug-likeness (QED) is 0.354. The van der Waals surface area contributed by atoms with Gasteiger partial charge in [0.05, 0.1) is 0 Å². The zero-order valence-corrected chi connectivity index (χ0v) is 13.1. The Balaban J connectivity index is 1.53. The van der Waals surface area contributed by atoms with Crippen molar-refractivity contribution in [2.75, 3.05) is 0 Å². The lowest BCUT2D eigenvalue weighted by Gasteiger charge is -1.95. The summed E-state index contributed by atoms with van der Waals surface area (Å²) < 4.78 is 24.2. The molecule has 0 spiro atoms. The summed E-state index contributed by atoms with van der Waals surface area (Å²) in [6, 6.07) is 18.7. The van der Waals surface area contributed by atoms with E-state index in [-0.39, 0.29) is 17.4 Å². The summed E-state index contributed by atoms with van der Waals surface area (Å²) in [5.74, 6) is 0.880. The predicted octanol–water partition coefficient (Wildman–Crippen LogP) is 5.73. The molecule has 2 heterocycles. The highest BCUT2D eigenvalue weighted by molar-refractivity contribution is 6.06. The molecule has 4 rings (SSSR count). The number of rotatable bonds is 4. The number of carbonyl (C=O) groups excluding carboxylic acids is 1. The van der Waals surface area contributed by atoms with Gasteiger partial charge in [0.15, 0.2) is 5.76 Å². The number of hydrogen-bond donors (Lipinski definition) is 0. The van der Waals surface area contributed by atoms with Crippen molar-refractivity contribution in [2.24, 2.45) is 0 Å². The van der Waals surface area contributed by atoms with E-state index in [1.165, 1.54) is 18.2 Å². The minimum Gasteiger partial charge on any atom is -0.457 e. The average molecular weight is 332 g/mol. The van der Waals surface area contributed by atoms with Crippen LogP contribution >= 0.6 is 0 Å². The van der Waals surface area contributed by atoms with Crippen LogP contribution in [0.5, 0.6) is 0 Å². The maximum atomic E-state index is 13.0. The highest BCUT2D eigenvalue weighted by Gasteiger charge is 2.09. The molecule has 4 heteroatoms. The summed E-state index contributed by atoms with van der Waals surface area (Å²) in [6.45, 7) is 0. The summed E-state index contributed by atoms with van der Waals surface area (Å²) >= 11 is 0. The maximum absolute atomic E-state index is 13.0. The van der Waals surface area contributed by atoms with Crippen LogP contribution in [-0.2, 0) is 0 Å². The van der Waals surface area contributed by atoms with Crippen molar-refractivity contribution in [1.29, 1.82) is 0 Å². The Morgan fingerprint density at radius 2 is 1.72 bits per heavy atom. The zero-order chi connectivity index (χ0) is 17.2. The second-order valence-electron chi connectivity index (χ2n) is 5.55. The minimum absolute atomic E-state index is 0.240. The van der Waals surface area contributed by atoms with Gasteiger partial charge in [0.1, 0.15) is 22.9 Å². The molecule has 0 N–H and O–H groups in total. The Kier molecular flexibility index (Phi) is 3.78. The van der Waals surface area contributed by atoms with E-state index in [1.807, 2.05) is 24.3 Å².